The number of piperidine rings is 1. The minimum absolute atomic E-state index is 0.00887. The lowest BCUT2D eigenvalue weighted by Crippen LogP contribution is -2.50. The highest BCUT2D eigenvalue weighted by molar-refractivity contribution is 6.18. The number of rotatable bonds is 1. The summed E-state index contributed by atoms with van der Waals surface area (Å²) in [7, 11) is 0. The number of nitrogens with one attached hydrogen (secondary N) is 1. The Kier molecular flexibility index (Phi) is 2.92. The monoisotopic (exact) mass is 165 g/mol. The SMILES string of the molecule is OC1CNC[C@H](CCl)[C@H]1O. The molecule has 1 fully saturated rings. The lowest BCUT2D eigenvalue weighted by molar-refractivity contribution is -0.0285. The molecule has 1 aliphatic heterocycles. The van der Waals surface area contributed by atoms with Gasteiger partial charge in [0.25, 0.3) is 0 Å². The van der Waals surface area contributed by atoms with Crippen molar-refractivity contribution in [1.29, 1.82) is 0 Å². The Bertz CT molecular complexity index is 112. The highest BCUT2D eigenvalue weighted by Crippen LogP contribution is 2.12. The van der Waals surface area contributed by atoms with Crippen molar-refractivity contribution in [3.63, 3.8) is 0 Å². The molecule has 3 atom stereocenters. The summed E-state index contributed by atoms with van der Waals surface area (Å²) in [6.45, 7) is 1.16. The number of hydrogen-bond acceptors (Lipinski definition) is 3. The predicted octanol–water partition coefficient (Wildman–Crippen LogP) is -0.834. The van der Waals surface area contributed by atoms with Crippen LogP contribution >= 0.6 is 11.6 Å². The van der Waals surface area contributed by atoms with E-state index < -0.39 is 12.2 Å². The fraction of sp³-hybridized carbons (Fsp3) is 1.00. The highest BCUT2D eigenvalue weighted by atomic mass is 35.5. The Hall–Kier alpha value is 0.170. The second kappa shape index (κ2) is 3.53. The van der Waals surface area contributed by atoms with Gasteiger partial charge in [0.2, 0.25) is 0 Å². The van der Waals surface area contributed by atoms with Crippen LogP contribution in [0.3, 0.4) is 0 Å². The third-order valence-corrected chi connectivity index (χ3v) is 2.23. The molecular formula is C6H12ClNO2. The Morgan fingerprint density at radius 3 is 2.60 bits per heavy atom. The van der Waals surface area contributed by atoms with E-state index in [1.165, 1.54) is 0 Å². The first-order valence-electron chi connectivity index (χ1n) is 3.38. The number of alkyl halides is 1. The van der Waals surface area contributed by atoms with Crippen LogP contribution in [0.25, 0.3) is 0 Å². The average molecular weight is 166 g/mol. The maximum Gasteiger partial charge on any atom is 0.0926 e. The Morgan fingerprint density at radius 1 is 1.40 bits per heavy atom. The van der Waals surface area contributed by atoms with Gasteiger partial charge < -0.3 is 15.5 Å². The lowest BCUT2D eigenvalue weighted by atomic mass is 9.96. The summed E-state index contributed by atoms with van der Waals surface area (Å²) in [6, 6.07) is 0. The van der Waals surface area contributed by atoms with Crippen LogP contribution in [0.1, 0.15) is 0 Å². The molecule has 3 N–H and O–H groups in total. The van der Waals surface area contributed by atoms with Crippen LogP contribution < -0.4 is 5.32 Å². The largest absolute Gasteiger partial charge is 0.390 e. The van der Waals surface area contributed by atoms with Gasteiger partial charge in [-0.25, -0.2) is 0 Å². The Morgan fingerprint density at radius 2 is 2.10 bits per heavy atom. The van der Waals surface area contributed by atoms with Gasteiger partial charge in [0, 0.05) is 24.9 Å². The van der Waals surface area contributed by atoms with Gasteiger partial charge in [-0.1, -0.05) is 0 Å². The predicted molar refractivity (Wildman–Crippen MR) is 39.1 cm³/mol. The molecule has 0 aromatic heterocycles. The van der Waals surface area contributed by atoms with E-state index in [0.29, 0.717) is 19.0 Å². The second-order valence-electron chi connectivity index (χ2n) is 2.63. The van der Waals surface area contributed by atoms with E-state index in [1.807, 2.05) is 0 Å². The zero-order valence-corrected chi connectivity index (χ0v) is 6.38. The summed E-state index contributed by atoms with van der Waals surface area (Å²) in [6.07, 6.45) is -1.31. The quantitative estimate of drug-likeness (QED) is 0.445. The summed E-state index contributed by atoms with van der Waals surface area (Å²) >= 11 is 5.53. The van der Waals surface area contributed by atoms with Crippen molar-refractivity contribution in [2.75, 3.05) is 19.0 Å². The van der Waals surface area contributed by atoms with Crippen molar-refractivity contribution >= 4 is 11.6 Å². The summed E-state index contributed by atoms with van der Waals surface area (Å²) < 4.78 is 0. The molecule has 0 bridgehead atoms. The maximum absolute atomic E-state index is 9.26. The summed E-state index contributed by atoms with van der Waals surface area (Å²) in [5.41, 5.74) is 0. The van der Waals surface area contributed by atoms with Crippen molar-refractivity contribution in [2.24, 2.45) is 5.92 Å². The highest BCUT2D eigenvalue weighted by Gasteiger charge is 2.29. The molecule has 1 unspecified atom stereocenters. The van der Waals surface area contributed by atoms with Crippen LogP contribution in [0.5, 0.6) is 0 Å². The molecule has 0 amide bonds. The topological polar surface area (TPSA) is 52.5 Å². The molecule has 0 aliphatic carbocycles. The van der Waals surface area contributed by atoms with Gasteiger partial charge in [0.05, 0.1) is 12.2 Å². The summed E-state index contributed by atoms with van der Waals surface area (Å²) in [4.78, 5) is 0. The molecule has 3 nitrogen and oxygen atoms in total. The molecule has 1 rings (SSSR count). The number of aliphatic hydroxyl groups is 2. The molecule has 0 aromatic rings. The van der Waals surface area contributed by atoms with Crippen LogP contribution in [0.4, 0.5) is 0 Å². The number of halogens is 1. The van der Waals surface area contributed by atoms with E-state index in [-0.39, 0.29) is 5.92 Å². The van der Waals surface area contributed by atoms with Gasteiger partial charge in [-0.15, -0.1) is 11.6 Å². The molecule has 0 radical (unpaired) electrons. The van der Waals surface area contributed by atoms with Gasteiger partial charge in [0.15, 0.2) is 0 Å². The van der Waals surface area contributed by atoms with E-state index in [0.717, 1.165) is 0 Å². The molecule has 1 heterocycles. The van der Waals surface area contributed by atoms with Gasteiger partial charge in [-0.2, -0.15) is 0 Å². The Balaban J connectivity index is 2.42. The van der Waals surface area contributed by atoms with Crippen LogP contribution in [-0.2, 0) is 0 Å². The molecule has 60 valence electrons. The number of hydrogen-bond donors (Lipinski definition) is 3. The molecule has 4 heteroatoms. The van der Waals surface area contributed by atoms with E-state index in [1.54, 1.807) is 0 Å². The van der Waals surface area contributed by atoms with Crippen molar-refractivity contribution in [3.05, 3.63) is 0 Å². The summed E-state index contributed by atoms with van der Waals surface area (Å²) in [5.74, 6) is 0.385. The van der Waals surface area contributed by atoms with Crippen LogP contribution in [0, 0.1) is 5.92 Å². The second-order valence-corrected chi connectivity index (χ2v) is 2.94. The molecule has 10 heavy (non-hydrogen) atoms. The molecule has 1 aliphatic rings. The maximum atomic E-state index is 9.26. The normalized spacial score (nSPS) is 41.7. The van der Waals surface area contributed by atoms with Gasteiger partial charge in [-0.05, 0) is 0 Å². The van der Waals surface area contributed by atoms with E-state index >= 15 is 0 Å². The summed E-state index contributed by atoms with van der Waals surface area (Å²) in [5, 5.41) is 21.3. The molecule has 1 saturated heterocycles. The minimum atomic E-state index is -0.655. The van der Waals surface area contributed by atoms with Crippen LogP contribution in [0.2, 0.25) is 0 Å². The number of β-amino-alcohol motifs (C(OH)–C–C–N with tert-alkyl or cyclic N) is 1. The average Bonchev–Trinajstić information content (AvgIpc) is 1.95. The first-order valence-corrected chi connectivity index (χ1v) is 3.92. The fourth-order valence-electron chi connectivity index (χ4n) is 1.12. The first kappa shape index (κ1) is 8.27. The van der Waals surface area contributed by atoms with Crippen molar-refractivity contribution in [3.8, 4) is 0 Å². The standard InChI is InChI=1S/C6H12ClNO2/c7-1-4-2-8-3-5(9)6(4)10/h4-6,8-10H,1-3H2/t4-,5?,6+/m0/s1. The fourth-order valence-corrected chi connectivity index (χ4v) is 1.41. The van der Waals surface area contributed by atoms with E-state index in [4.69, 9.17) is 16.7 Å². The number of aliphatic hydroxyl groups excluding tert-OH is 2. The minimum Gasteiger partial charge on any atom is -0.390 e. The van der Waals surface area contributed by atoms with Crippen molar-refractivity contribution in [1.82, 2.24) is 5.32 Å². The van der Waals surface area contributed by atoms with Gasteiger partial charge in [-0.3, -0.25) is 0 Å². The molecule has 0 spiro atoms. The van der Waals surface area contributed by atoms with Gasteiger partial charge in [0.1, 0.15) is 0 Å². The molecular weight excluding hydrogens is 154 g/mol. The third kappa shape index (κ3) is 1.61. The van der Waals surface area contributed by atoms with Crippen molar-refractivity contribution < 1.29 is 10.2 Å². The smallest absolute Gasteiger partial charge is 0.0926 e. The zero-order chi connectivity index (χ0) is 7.56. The molecule has 0 aromatic carbocycles. The van der Waals surface area contributed by atoms with Gasteiger partial charge >= 0.3 is 0 Å². The first-order chi connectivity index (χ1) is 4.75. The van der Waals surface area contributed by atoms with Crippen LogP contribution in [0.15, 0.2) is 0 Å². The third-order valence-electron chi connectivity index (χ3n) is 1.84. The Labute approximate surface area is 65.0 Å². The van der Waals surface area contributed by atoms with Crippen molar-refractivity contribution in [2.45, 2.75) is 12.2 Å². The van der Waals surface area contributed by atoms with E-state index in [2.05, 4.69) is 5.32 Å². The van der Waals surface area contributed by atoms with Crippen LogP contribution in [-0.4, -0.2) is 41.4 Å². The van der Waals surface area contributed by atoms with E-state index in [9.17, 15) is 5.11 Å². The molecule has 0 saturated carbocycles. The zero-order valence-electron chi connectivity index (χ0n) is 5.63. The lowest BCUT2D eigenvalue weighted by Gasteiger charge is -2.30.